The number of hydrogen-bond acceptors (Lipinski definition) is 2. The third kappa shape index (κ3) is 4.87. The number of nitrogens with one attached hydrogen (secondary N) is 2. The molecule has 1 aliphatic heterocycles. The molecular formula is C16H20F3N3O2. The quantitative estimate of drug-likeness (QED) is 0.885. The molecule has 8 heteroatoms. The van der Waals surface area contributed by atoms with E-state index >= 15 is 0 Å². The van der Waals surface area contributed by atoms with Crippen LogP contribution in [0.15, 0.2) is 24.3 Å². The number of piperidine rings is 1. The van der Waals surface area contributed by atoms with Gasteiger partial charge in [-0.1, -0.05) is 6.92 Å². The van der Waals surface area contributed by atoms with Crippen molar-refractivity contribution in [2.45, 2.75) is 38.4 Å². The first kappa shape index (κ1) is 18.1. The Morgan fingerprint density at radius 3 is 2.25 bits per heavy atom. The van der Waals surface area contributed by atoms with E-state index in [0.717, 1.165) is 12.1 Å². The van der Waals surface area contributed by atoms with Gasteiger partial charge in [-0.25, -0.2) is 4.79 Å². The van der Waals surface area contributed by atoms with Crippen LogP contribution in [-0.4, -0.2) is 36.0 Å². The Kier molecular flexibility index (Phi) is 5.69. The molecule has 0 aromatic heterocycles. The smallest absolute Gasteiger partial charge is 0.353 e. The molecule has 5 nitrogen and oxygen atoms in total. The van der Waals surface area contributed by atoms with Gasteiger partial charge in [0.15, 0.2) is 0 Å². The average molecular weight is 343 g/mol. The third-order valence-electron chi connectivity index (χ3n) is 3.93. The third-order valence-corrected chi connectivity index (χ3v) is 3.93. The van der Waals surface area contributed by atoms with Crippen molar-refractivity contribution in [2.24, 2.45) is 0 Å². The van der Waals surface area contributed by atoms with E-state index in [1.807, 2.05) is 0 Å². The van der Waals surface area contributed by atoms with Crippen molar-refractivity contribution in [2.75, 3.05) is 18.4 Å². The van der Waals surface area contributed by atoms with Gasteiger partial charge < -0.3 is 15.5 Å². The minimum atomic E-state index is -4.40. The van der Waals surface area contributed by atoms with Crippen molar-refractivity contribution in [3.63, 3.8) is 0 Å². The van der Waals surface area contributed by atoms with Gasteiger partial charge in [0.1, 0.15) is 0 Å². The van der Waals surface area contributed by atoms with Crippen LogP contribution in [0, 0.1) is 0 Å². The number of hydrogen-bond donors (Lipinski definition) is 2. The van der Waals surface area contributed by atoms with Gasteiger partial charge in [-0.15, -0.1) is 0 Å². The number of nitrogens with zero attached hydrogens (tertiary/aromatic N) is 1. The van der Waals surface area contributed by atoms with E-state index in [0.29, 0.717) is 38.0 Å². The lowest BCUT2D eigenvalue weighted by molar-refractivity contribution is -0.137. The van der Waals surface area contributed by atoms with Gasteiger partial charge >= 0.3 is 12.2 Å². The number of carbonyl (C=O) groups excluding carboxylic acids is 2. The van der Waals surface area contributed by atoms with Crippen molar-refractivity contribution in [1.82, 2.24) is 10.2 Å². The van der Waals surface area contributed by atoms with Gasteiger partial charge in [-0.05, 0) is 37.1 Å². The number of amides is 3. The van der Waals surface area contributed by atoms with Crippen LogP contribution in [0.5, 0.6) is 0 Å². The van der Waals surface area contributed by atoms with Crippen molar-refractivity contribution < 1.29 is 22.8 Å². The molecule has 0 saturated carbocycles. The van der Waals surface area contributed by atoms with Gasteiger partial charge in [0.25, 0.3) is 0 Å². The van der Waals surface area contributed by atoms with E-state index < -0.39 is 11.7 Å². The van der Waals surface area contributed by atoms with E-state index in [1.165, 1.54) is 12.1 Å². The Morgan fingerprint density at radius 2 is 1.75 bits per heavy atom. The summed E-state index contributed by atoms with van der Waals surface area (Å²) in [6.07, 6.45) is -2.65. The molecule has 0 aliphatic carbocycles. The zero-order valence-corrected chi connectivity index (χ0v) is 13.3. The number of rotatable bonds is 3. The van der Waals surface area contributed by atoms with Gasteiger partial charge in [0, 0.05) is 31.2 Å². The summed E-state index contributed by atoms with van der Waals surface area (Å²) < 4.78 is 37.5. The molecule has 0 atom stereocenters. The molecule has 24 heavy (non-hydrogen) atoms. The molecule has 1 aliphatic rings. The molecular weight excluding hydrogens is 323 g/mol. The molecule has 132 valence electrons. The van der Waals surface area contributed by atoms with Gasteiger partial charge in [-0.2, -0.15) is 13.2 Å². The maximum Gasteiger partial charge on any atom is 0.416 e. The zero-order chi connectivity index (χ0) is 17.7. The summed E-state index contributed by atoms with van der Waals surface area (Å²) in [5.74, 6) is -0.0114. The highest BCUT2D eigenvalue weighted by molar-refractivity contribution is 5.89. The molecule has 3 amide bonds. The number of alkyl halides is 3. The molecule has 2 rings (SSSR count). The fourth-order valence-electron chi connectivity index (χ4n) is 2.50. The Morgan fingerprint density at radius 1 is 1.17 bits per heavy atom. The predicted octanol–water partition coefficient (Wildman–Crippen LogP) is 3.23. The maximum atomic E-state index is 12.5. The Bertz CT molecular complexity index is 579. The van der Waals surface area contributed by atoms with Crippen molar-refractivity contribution in [3.8, 4) is 0 Å². The summed E-state index contributed by atoms with van der Waals surface area (Å²) in [6, 6.07) is 4.04. The molecule has 1 aromatic carbocycles. The average Bonchev–Trinajstić information content (AvgIpc) is 2.55. The first-order chi connectivity index (χ1) is 11.3. The van der Waals surface area contributed by atoms with Crippen molar-refractivity contribution in [1.29, 1.82) is 0 Å². The normalized spacial score (nSPS) is 15.9. The largest absolute Gasteiger partial charge is 0.416 e. The van der Waals surface area contributed by atoms with Crippen LogP contribution in [0.2, 0.25) is 0 Å². The van der Waals surface area contributed by atoms with Crippen molar-refractivity contribution in [3.05, 3.63) is 29.8 Å². The lowest BCUT2D eigenvalue weighted by Gasteiger charge is -2.32. The van der Waals surface area contributed by atoms with Crippen LogP contribution >= 0.6 is 0 Å². The molecule has 0 spiro atoms. The second-order valence-corrected chi connectivity index (χ2v) is 5.69. The lowest BCUT2D eigenvalue weighted by atomic mass is 10.1. The second kappa shape index (κ2) is 7.55. The fourth-order valence-corrected chi connectivity index (χ4v) is 2.50. The monoisotopic (exact) mass is 343 g/mol. The number of urea groups is 1. The number of halogens is 3. The second-order valence-electron chi connectivity index (χ2n) is 5.69. The highest BCUT2D eigenvalue weighted by atomic mass is 19.4. The van der Waals surface area contributed by atoms with Crippen LogP contribution in [0.4, 0.5) is 23.7 Å². The molecule has 2 N–H and O–H groups in total. The van der Waals surface area contributed by atoms with E-state index in [9.17, 15) is 22.8 Å². The number of likely N-dealkylation sites (tertiary alicyclic amines) is 1. The summed E-state index contributed by atoms with van der Waals surface area (Å²) >= 11 is 0. The predicted molar refractivity (Wildman–Crippen MR) is 83.5 cm³/mol. The highest BCUT2D eigenvalue weighted by Crippen LogP contribution is 2.29. The topological polar surface area (TPSA) is 61.4 Å². The summed E-state index contributed by atoms with van der Waals surface area (Å²) in [6.45, 7) is 2.75. The SMILES string of the molecule is CCC(=O)NC1CCN(C(=O)Nc2ccc(C(F)(F)F)cc2)CC1. The van der Waals surface area contributed by atoms with E-state index in [2.05, 4.69) is 10.6 Å². The zero-order valence-electron chi connectivity index (χ0n) is 13.3. The molecule has 0 bridgehead atoms. The summed E-state index contributed by atoms with van der Waals surface area (Å²) in [4.78, 5) is 25.1. The summed E-state index contributed by atoms with van der Waals surface area (Å²) in [5.41, 5.74) is -0.442. The van der Waals surface area contributed by atoms with E-state index in [4.69, 9.17) is 0 Å². The van der Waals surface area contributed by atoms with Crippen LogP contribution < -0.4 is 10.6 Å². The minimum Gasteiger partial charge on any atom is -0.353 e. The van der Waals surface area contributed by atoms with Crippen LogP contribution in [-0.2, 0) is 11.0 Å². The van der Waals surface area contributed by atoms with E-state index in [1.54, 1.807) is 11.8 Å². The Labute approximate surface area is 138 Å². The molecule has 0 radical (unpaired) electrons. The minimum absolute atomic E-state index is 0.0114. The maximum absolute atomic E-state index is 12.5. The van der Waals surface area contributed by atoms with Crippen LogP contribution in [0.25, 0.3) is 0 Å². The standard InChI is InChI=1S/C16H20F3N3O2/c1-2-14(23)20-13-7-9-22(10-8-13)15(24)21-12-5-3-11(4-6-12)16(17,18)19/h3-6,13H,2,7-10H2,1H3,(H,20,23)(H,21,24). The molecule has 1 fully saturated rings. The molecule has 1 saturated heterocycles. The van der Waals surface area contributed by atoms with Crippen molar-refractivity contribution >= 4 is 17.6 Å². The number of anilines is 1. The lowest BCUT2D eigenvalue weighted by Crippen LogP contribution is -2.47. The number of carbonyl (C=O) groups is 2. The fraction of sp³-hybridized carbons (Fsp3) is 0.500. The highest BCUT2D eigenvalue weighted by Gasteiger charge is 2.30. The van der Waals surface area contributed by atoms with Crippen LogP contribution in [0.3, 0.4) is 0 Å². The molecule has 0 unspecified atom stereocenters. The summed E-state index contributed by atoms with van der Waals surface area (Å²) in [5, 5.41) is 5.48. The summed E-state index contributed by atoms with van der Waals surface area (Å²) in [7, 11) is 0. The van der Waals surface area contributed by atoms with Gasteiger partial charge in [-0.3, -0.25) is 4.79 Å². The first-order valence-corrected chi connectivity index (χ1v) is 7.82. The Balaban J connectivity index is 1.84. The van der Waals surface area contributed by atoms with E-state index in [-0.39, 0.29) is 18.0 Å². The van der Waals surface area contributed by atoms with Crippen LogP contribution in [0.1, 0.15) is 31.7 Å². The van der Waals surface area contributed by atoms with Gasteiger partial charge in [0.05, 0.1) is 5.56 Å². The van der Waals surface area contributed by atoms with Gasteiger partial charge in [0.2, 0.25) is 5.91 Å². The first-order valence-electron chi connectivity index (χ1n) is 7.82. The molecule has 1 aromatic rings. The number of benzene rings is 1. The Hall–Kier alpha value is -2.25. The molecule has 1 heterocycles.